The van der Waals surface area contributed by atoms with Crippen LogP contribution in [-0.2, 0) is 7.05 Å². The molecular formula is C21H21N6O2+. The lowest BCUT2D eigenvalue weighted by atomic mass is 10.1. The van der Waals surface area contributed by atoms with Gasteiger partial charge >= 0.3 is 0 Å². The number of rotatable bonds is 4. The summed E-state index contributed by atoms with van der Waals surface area (Å²) in [5.74, 6) is -0.668. The average Bonchev–Trinajstić information content (AvgIpc) is 3.31. The summed E-state index contributed by atoms with van der Waals surface area (Å²) in [5, 5.41) is 6.92. The van der Waals surface area contributed by atoms with Gasteiger partial charge in [-0.2, -0.15) is 9.67 Å². The van der Waals surface area contributed by atoms with Gasteiger partial charge in [-0.3, -0.25) is 14.3 Å². The maximum atomic E-state index is 12.8. The first-order valence-electron chi connectivity index (χ1n) is 9.14. The number of fused-ring (bicyclic) bond motifs is 1. The number of nitrogens with one attached hydrogen (secondary N) is 1. The van der Waals surface area contributed by atoms with Crippen molar-refractivity contribution >= 4 is 23.7 Å². The second-order valence-corrected chi connectivity index (χ2v) is 6.99. The Labute approximate surface area is 168 Å². The number of amides is 2. The molecule has 1 unspecified atom stereocenters. The molecule has 0 radical (unpaired) electrons. The molecule has 0 spiro atoms. The smallest absolute Gasteiger partial charge is 0.274 e. The monoisotopic (exact) mass is 389 g/mol. The summed E-state index contributed by atoms with van der Waals surface area (Å²) in [6.45, 7) is 0. The van der Waals surface area contributed by atoms with E-state index in [2.05, 4.69) is 10.4 Å². The van der Waals surface area contributed by atoms with Crippen molar-refractivity contribution in [2.45, 2.75) is 6.17 Å². The molecule has 2 aromatic rings. The molecule has 0 aliphatic carbocycles. The zero-order valence-electron chi connectivity index (χ0n) is 16.4. The Morgan fingerprint density at radius 3 is 2.69 bits per heavy atom. The molecule has 2 amide bonds. The van der Waals surface area contributed by atoms with E-state index in [1.54, 1.807) is 27.2 Å². The third kappa shape index (κ3) is 3.52. The van der Waals surface area contributed by atoms with Crippen LogP contribution in [0.3, 0.4) is 0 Å². The normalized spacial score (nSPS) is 17.2. The van der Waals surface area contributed by atoms with Gasteiger partial charge in [0.25, 0.3) is 18.0 Å². The molecule has 2 aliphatic rings. The number of allylic oxidation sites excluding steroid dienone is 1. The zero-order valence-corrected chi connectivity index (χ0v) is 16.4. The molecule has 3 heterocycles. The third-order valence-electron chi connectivity index (χ3n) is 4.72. The minimum Gasteiger partial charge on any atom is -0.345 e. The highest BCUT2D eigenvalue weighted by Crippen LogP contribution is 2.17. The van der Waals surface area contributed by atoms with E-state index in [-0.39, 0.29) is 23.3 Å². The van der Waals surface area contributed by atoms with Crippen molar-refractivity contribution in [1.29, 1.82) is 0 Å². The quantitative estimate of drug-likeness (QED) is 0.797. The van der Waals surface area contributed by atoms with Crippen molar-refractivity contribution in [1.82, 2.24) is 20.0 Å². The molecule has 0 saturated carbocycles. The highest BCUT2D eigenvalue weighted by molar-refractivity contribution is 6.37. The Kier molecular flexibility index (Phi) is 4.67. The fourth-order valence-corrected chi connectivity index (χ4v) is 3.23. The molecule has 2 aliphatic heterocycles. The Morgan fingerprint density at radius 1 is 1.21 bits per heavy atom. The fourth-order valence-electron chi connectivity index (χ4n) is 3.23. The van der Waals surface area contributed by atoms with Crippen LogP contribution >= 0.6 is 0 Å². The first-order valence-corrected chi connectivity index (χ1v) is 9.14. The molecule has 1 atom stereocenters. The lowest BCUT2D eigenvalue weighted by molar-refractivity contribution is -0.476. The molecular weight excluding hydrogens is 368 g/mol. The SMILES string of the molecule is CN(C)C(=O)c1cnn(C)c1C(=O)NC1=CC2N=C(c3ccccc3)C=[N+]2C=C1. The highest BCUT2D eigenvalue weighted by Gasteiger charge is 2.29. The van der Waals surface area contributed by atoms with Crippen molar-refractivity contribution in [2.24, 2.45) is 12.0 Å². The van der Waals surface area contributed by atoms with Crippen LogP contribution in [0.4, 0.5) is 0 Å². The predicted octanol–water partition coefficient (Wildman–Crippen LogP) is 1.18. The van der Waals surface area contributed by atoms with Gasteiger partial charge in [0.15, 0.2) is 12.4 Å². The topological polar surface area (TPSA) is 82.6 Å². The van der Waals surface area contributed by atoms with Crippen molar-refractivity contribution < 1.29 is 14.2 Å². The number of nitrogens with zero attached hydrogens (tertiary/aromatic N) is 5. The standard InChI is InChI=1S/C21H20N6O2/c1-25(2)21(29)16-12-22-26(3)19(16)20(28)23-15-9-10-27-13-17(24-18(27)11-15)14-7-5-4-6-8-14/h4-13,18H,1-3H3/p+1. The molecule has 0 fully saturated rings. The van der Waals surface area contributed by atoms with Crippen LogP contribution in [-0.4, -0.2) is 63.3 Å². The van der Waals surface area contributed by atoms with Crippen LogP contribution in [0.25, 0.3) is 0 Å². The second kappa shape index (κ2) is 7.31. The first-order chi connectivity index (χ1) is 13.9. The van der Waals surface area contributed by atoms with Gasteiger partial charge < -0.3 is 10.2 Å². The number of carbonyl (C=O) groups is 2. The largest absolute Gasteiger partial charge is 0.345 e. The summed E-state index contributed by atoms with van der Waals surface area (Å²) in [5.41, 5.74) is 3.01. The van der Waals surface area contributed by atoms with E-state index in [1.165, 1.54) is 15.8 Å². The molecule has 8 nitrogen and oxygen atoms in total. The lowest BCUT2D eigenvalue weighted by Crippen LogP contribution is -2.31. The number of benzene rings is 1. The van der Waals surface area contributed by atoms with Gasteiger partial charge in [-0.1, -0.05) is 30.3 Å². The Balaban J connectivity index is 1.55. The van der Waals surface area contributed by atoms with E-state index in [0.717, 1.165) is 11.3 Å². The van der Waals surface area contributed by atoms with Crippen LogP contribution in [0.1, 0.15) is 26.4 Å². The van der Waals surface area contributed by atoms with Gasteiger partial charge in [-0.25, -0.2) is 4.99 Å². The summed E-state index contributed by atoms with van der Waals surface area (Å²) in [4.78, 5) is 31.3. The van der Waals surface area contributed by atoms with Crippen LogP contribution in [0.15, 0.2) is 65.6 Å². The molecule has 4 rings (SSSR count). The van der Waals surface area contributed by atoms with Gasteiger partial charge in [0.05, 0.1) is 17.5 Å². The van der Waals surface area contributed by atoms with E-state index in [0.29, 0.717) is 5.70 Å². The van der Waals surface area contributed by atoms with Gasteiger partial charge in [0, 0.05) is 38.9 Å². The van der Waals surface area contributed by atoms with Crippen LogP contribution in [0.5, 0.6) is 0 Å². The maximum Gasteiger partial charge on any atom is 0.274 e. The summed E-state index contributed by atoms with van der Waals surface area (Å²) in [6.07, 6.45) is 8.70. The van der Waals surface area contributed by atoms with Crippen molar-refractivity contribution in [3.05, 3.63) is 77.4 Å². The summed E-state index contributed by atoms with van der Waals surface area (Å²) in [6, 6.07) is 9.93. The molecule has 0 bridgehead atoms. The van der Waals surface area contributed by atoms with Crippen LogP contribution in [0, 0.1) is 0 Å². The van der Waals surface area contributed by atoms with Crippen LogP contribution in [0.2, 0.25) is 0 Å². The Hall–Kier alpha value is -3.81. The van der Waals surface area contributed by atoms with E-state index in [1.807, 2.05) is 53.4 Å². The minimum atomic E-state index is -0.395. The van der Waals surface area contributed by atoms with Gasteiger partial charge in [0.2, 0.25) is 0 Å². The number of aromatic nitrogens is 2. The second-order valence-electron chi connectivity index (χ2n) is 6.99. The lowest BCUT2D eigenvalue weighted by Gasteiger charge is -2.13. The molecule has 0 saturated heterocycles. The number of carbonyl (C=O) groups excluding carboxylic acids is 2. The van der Waals surface area contributed by atoms with Crippen LogP contribution < -0.4 is 5.32 Å². The summed E-state index contributed by atoms with van der Waals surface area (Å²) in [7, 11) is 4.91. The number of aliphatic imine (C=N–C) groups is 1. The first kappa shape index (κ1) is 18.5. The van der Waals surface area contributed by atoms with E-state index in [4.69, 9.17) is 4.99 Å². The molecule has 29 heavy (non-hydrogen) atoms. The number of aryl methyl sites for hydroxylation is 1. The van der Waals surface area contributed by atoms with Gasteiger partial charge in [-0.05, 0) is 0 Å². The molecule has 146 valence electrons. The third-order valence-corrected chi connectivity index (χ3v) is 4.72. The van der Waals surface area contributed by atoms with E-state index < -0.39 is 5.91 Å². The highest BCUT2D eigenvalue weighted by atomic mass is 16.2. The number of hydrogen-bond acceptors (Lipinski definition) is 4. The minimum absolute atomic E-state index is 0.215. The van der Waals surface area contributed by atoms with Gasteiger partial charge in [0.1, 0.15) is 11.4 Å². The van der Waals surface area contributed by atoms with Crippen molar-refractivity contribution in [3.8, 4) is 0 Å². The Bertz CT molecular complexity index is 1110. The average molecular weight is 389 g/mol. The van der Waals surface area contributed by atoms with Gasteiger partial charge in [-0.15, -0.1) is 0 Å². The molecule has 1 N–H and O–H groups in total. The molecule has 8 heteroatoms. The van der Waals surface area contributed by atoms with Crippen molar-refractivity contribution in [3.63, 3.8) is 0 Å². The number of hydrogen-bond donors (Lipinski definition) is 1. The maximum absolute atomic E-state index is 12.8. The van der Waals surface area contributed by atoms with E-state index >= 15 is 0 Å². The Morgan fingerprint density at radius 2 is 1.97 bits per heavy atom. The summed E-state index contributed by atoms with van der Waals surface area (Å²) < 4.78 is 3.38. The zero-order chi connectivity index (χ0) is 20.5. The van der Waals surface area contributed by atoms with E-state index in [9.17, 15) is 9.59 Å². The van der Waals surface area contributed by atoms with Crippen molar-refractivity contribution in [2.75, 3.05) is 14.1 Å². The predicted molar refractivity (Wildman–Crippen MR) is 109 cm³/mol. The fraction of sp³-hybridized carbons (Fsp3) is 0.190. The molecule has 1 aromatic heterocycles. The summed E-state index contributed by atoms with van der Waals surface area (Å²) >= 11 is 0. The molecule has 1 aromatic carbocycles.